The van der Waals surface area contributed by atoms with Crippen LogP contribution in [-0.2, 0) is 0 Å². The second kappa shape index (κ2) is 23.5. The van der Waals surface area contributed by atoms with Gasteiger partial charge < -0.3 is 18.3 Å². The Hall–Kier alpha value is -14.4. The zero-order valence-corrected chi connectivity index (χ0v) is 60.0. The number of nitrogens with zero attached hydrogens (tertiary/aromatic N) is 6. The van der Waals surface area contributed by atoms with Crippen LogP contribution in [0.15, 0.2) is 376 Å². The largest absolute Gasteiger partial charge is 0.306 e. The summed E-state index contributed by atoms with van der Waals surface area (Å²) >= 11 is 0. The Kier molecular flexibility index (Phi) is 13.2. The van der Waals surface area contributed by atoms with Crippen molar-refractivity contribution in [3.05, 3.63) is 382 Å². The fraction of sp³-hybridized carbons (Fsp3) is 0. The Labute approximate surface area is 629 Å². The lowest BCUT2D eigenvalue weighted by atomic mass is 9.91. The van der Waals surface area contributed by atoms with Crippen molar-refractivity contribution in [2.24, 2.45) is 0 Å². The predicted octanol–water partition coefficient (Wildman–Crippen LogP) is 23.0. The van der Waals surface area contributed by atoms with Gasteiger partial charge in [0.05, 0.1) is 66.9 Å². The maximum atomic E-state index is 13.8. The maximum Gasteiger partial charge on any atom is 0.204 e. The van der Waals surface area contributed by atoms with Gasteiger partial charge in [-0.1, -0.05) is 285 Å². The molecule has 0 N–H and O–H groups in total. The van der Waals surface area contributed by atoms with Crippen LogP contribution in [-0.4, -0.2) is 31.3 Å². The molecular weight excluding hydrogens is 1340 g/mol. The minimum absolute atomic E-state index is 0.500. The second-order valence-electron chi connectivity index (χ2n) is 29.1. The molecule has 0 radical (unpaired) electrons. The van der Waals surface area contributed by atoms with Gasteiger partial charge in [-0.2, -0.15) is 5.26 Å². The number of pyridine rings is 1. The van der Waals surface area contributed by atoms with Gasteiger partial charge in [-0.3, -0.25) is 4.98 Å². The predicted molar refractivity (Wildman–Crippen MR) is 455 cm³/mol. The standard InChI is InChI=1S/C102H62N6Si/c103-63-85-98(105-86-41-19-13-34-73(86)80-58-68(47-52-90(80)105)64-26-5-1-6-27-64)100(107-88-43-21-15-36-75(88)82-60-70(49-54-92(82)107)66-30-9-3-10-31-66)97(72-51-56-96-84(62-72)78-39-18-24-46-95(78)109(96)94-45-23-17-38-77(94)79-40-25-57-104-102(79)109)101(108-89-44-22-16-37-76(89)83-61-71(50-55-93(83)108)67-32-11-4-12-33-67)99(85)106-87-42-20-14-35-74(87)81-59-69(48-53-91(81)106)65-28-7-2-8-29-65/h1-62H. The third-order valence-corrected chi connectivity index (χ3v) is 28.5. The van der Waals surface area contributed by atoms with Gasteiger partial charge in [-0.25, -0.2) is 0 Å². The fourth-order valence-electron chi connectivity index (χ4n) is 19.1. The van der Waals surface area contributed by atoms with Crippen molar-refractivity contribution in [3.8, 4) is 107 Å². The van der Waals surface area contributed by atoms with Crippen molar-refractivity contribution in [1.29, 1.82) is 5.26 Å². The Bertz CT molecular complexity index is 7090. The first-order valence-corrected chi connectivity index (χ1v) is 39.4. The van der Waals surface area contributed by atoms with Crippen LogP contribution in [0.25, 0.3) is 188 Å². The number of fused-ring (bicyclic) bond motifs is 22. The lowest BCUT2D eigenvalue weighted by molar-refractivity contribution is 1.04. The SMILES string of the molecule is N#Cc1c(-n2c3ccccc3c3cc(-c4ccccc4)ccc32)c(-n2c3ccccc3c3cc(-c4ccccc4)ccc32)c(-c2ccc3c(c2)-c2ccccc2[Si]32c3ccccc3-c3cccnc32)c(-n2c3ccccc3c3cc(-c4ccccc4)ccc32)c1-n1c2ccccc2c2cc(-c3ccccc3)ccc21. The third-order valence-electron chi connectivity index (χ3n) is 23.6. The molecule has 109 heavy (non-hydrogen) atoms. The van der Waals surface area contributed by atoms with E-state index in [0.29, 0.717) is 5.56 Å². The van der Waals surface area contributed by atoms with Crippen molar-refractivity contribution in [3.63, 3.8) is 0 Å². The number of rotatable bonds is 9. The minimum atomic E-state index is -3.10. The Morgan fingerprint density at radius 1 is 0.229 bits per heavy atom. The Balaban J connectivity index is 0.981. The second-order valence-corrected chi connectivity index (χ2v) is 32.6. The highest BCUT2D eigenvalue weighted by molar-refractivity contribution is 7.24. The van der Waals surface area contributed by atoms with Crippen LogP contribution in [0.2, 0.25) is 0 Å². The molecule has 0 fully saturated rings. The highest BCUT2D eigenvalue weighted by atomic mass is 28.3. The molecule has 5 aromatic heterocycles. The summed E-state index contributed by atoms with van der Waals surface area (Å²) in [5, 5.41) is 27.6. The average Bonchev–Trinajstić information content (AvgIpc) is 1.53. The van der Waals surface area contributed by atoms with Crippen molar-refractivity contribution in [2.75, 3.05) is 0 Å². The summed E-state index contributed by atoms with van der Waals surface area (Å²) in [6.07, 6.45) is 2.00. The van der Waals surface area contributed by atoms with E-state index in [0.717, 1.165) is 166 Å². The zero-order chi connectivity index (χ0) is 71.6. The number of aromatic nitrogens is 5. The molecule has 1 spiro atoms. The van der Waals surface area contributed by atoms with E-state index in [1.807, 2.05) is 6.20 Å². The van der Waals surface area contributed by atoms with Crippen LogP contribution in [0.3, 0.4) is 0 Å². The summed E-state index contributed by atoms with van der Waals surface area (Å²) in [5.41, 5.74) is 27.3. The average molecular weight is 1400 g/mol. The van der Waals surface area contributed by atoms with E-state index in [2.05, 4.69) is 394 Å². The minimum Gasteiger partial charge on any atom is -0.306 e. The van der Waals surface area contributed by atoms with Crippen molar-refractivity contribution >= 4 is 116 Å². The Morgan fingerprint density at radius 3 is 0.917 bits per heavy atom. The lowest BCUT2D eigenvalue weighted by Gasteiger charge is -2.30. The van der Waals surface area contributed by atoms with E-state index in [1.54, 1.807) is 0 Å². The molecule has 2 aliphatic rings. The molecule has 0 saturated carbocycles. The molecule has 6 nitrogen and oxygen atoms in total. The molecule has 7 heteroatoms. The number of hydrogen-bond acceptors (Lipinski definition) is 2. The molecule has 16 aromatic carbocycles. The number of hydrogen-bond donors (Lipinski definition) is 0. The van der Waals surface area contributed by atoms with E-state index in [4.69, 9.17) is 4.98 Å². The molecule has 504 valence electrons. The molecule has 0 bridgehead atoms. The van der Waals surface area contributed by atoms with E-state index < -0.39 is 8.07 Å². The lowest BCUT2D eigenvalue weighted by Crippen LogP contribution is -2.71. The highest BCUT2D eigenvalue weighted by Gasteiger charge is 2.55. The molecule has 21 aromatic rings. The van der Waals surface area contributed by atoms with Crippen LogP contribution >= 0.6 is 0 Å². The molecule has 0 aliphatic carbocycles. The Morgan fingerprint density at radius 2 is 0.532 bits per heavy atom. The van der Waals surface area contributed by atoms with Crippen LogP contribution in [0.1, 0.15) is 5.56 Å². The summed E-state index contributed by atoms with van der Waals surface area (Å²) in [5.74, 6) is 0. The molecule has 0 amide bonds. The smallest absolute Gasteiger partial charge is 0.204 e. The topological polar surface area (TPSA) is 56.4 Å². The van der Waals surface area contributed by atoms with Crippen LogP contribution in [0, 0.1) is 11.3 Å². The molecule has 7 heterocycles. The van der Waals surface area contributed by atoms with Gasteiger partial charge in [0, 0.05) is 60.2 Å². The number of para-hydroxylation sites is 4. The van der Waals surface area contributed by atoms with Crippen molar-refractivity contribution < 1.29 is 0 Å². The first-order valence-electron chi connectivity index (χ1n) is 37.4. The molecule has 0 saturated heterocycles. The van der Waals surface area contributed by atoms with Crippen LogP contribution in [0.4, 0.5) is 0 Å². The zero-order valence-electron chi connectivity index (χ0n) is 59.0. The van der Waals surface area contributed by atoms with Gasteiger partial charge in [-0.05, 0) is 173 Å². The summed E-state index contributed by atoms with van der Waals surface area (Å²) in [6.45, 7) is 0. The van der Waals surface area contributed by atoms with Gasteiger partial charge in [0.15, 0.2) is 0 Å². The van der Waals surface area contributed by atoms with Gasteiger partial charge >= 0.3 is 0 Å². The van der Waals surface area contributed by atoms with Gasteiger partial charge in [0.25, 0.3) is 0 Å². The van der Waals surface area contributed by atoms with Gasteiger partial charge in [-0.15, -0.1) is 0 Å². The first kappa shape index (κ1) is 60.9. The molecule has 23 rings (SSSR count). The summed E-state index contributed by atoms with van der Waals surface area (Å²) in [4.78, 5) is 5.51. The van der Waals surface area contributed by atoms with Gasteiger partial charge in [0.2, 0.25) is 8.07 Å². The third kappa shape index (κ3) is 8.63. The highest BCUT2D eigenvalue weighted by Crippen LogP contribution is 2.54. The molecular formula is C102H62N6Si. The van der Waals surface area contributed by atoms with E-state index >= 15 is 0 Å². The van der Waals surface area contributed by atoms with Crippen molar-refractivity contribution in [1.82, 2.24) is 23.3 Å². The quantitative estimate of drug-likeness (QED) is 0.135. The normalized spacial score (nSPS) is 13.5. The monoisotopic (exact) mass is 1400 g/mol. The molecule has 2 aliphatic heterocycles. The van der Waals surface area contributed by atoms with Crippen LogP contribution in [0.5, 0.6) is 0 Å². The molecule has 1 unspecified atom stereocenters. The van der Waals surface area contributed by atoms with Gasteiger partial charge in [0.1, 0.15) is 11.6 Å². The number of nitriles is 1. The van der Waals surface area contributed by atoms with E-state index in [1.165, 1.54) is 43.1 Å². The van der Waals surface area contributed by atoms with Crippen LogP contribution < -0.4 is 20.9 Å². The van der Waals surface area contributed by atoms with E-state index in [-0.39, 0.29) is 0 Å². The summed E-state index contributed by atoms with van der Waals surface area (Å²) in [6, 6.07) is 140. The van der Waals surface area contributed by atoms with Crippen molar-refractivity contribution in [2.45, 2.75) is 0 Å². The summed E-state index contributed by atoms with van der Waals surface area (Å²) in [7, 11) is -3.10. The first-order chi connectivity index (χ1) is 54.1. The fourth-order valence-corrected chi connectivity index (χ4v) is 24.5. The summed E-state index contributed by atoms with van der Waals surface area (Å²) < 4.78 is 10.0. The molecule has 1 atom stereocenters. The number of benzene rings is 16. The van der Waals surface area contributed by atoms with E-state index in [9.17, 15) is 5.26 Å². The maximum absolute atomic E-state index is 13.8.